The van der Waals surface area contributed by atoms with Crippen molar-refractivity contribution in [3.63, 3.8) is 0 Å². The molecule has 0 aliphatic carbocycles. The third-order valence-electron chi connectivity index (χ3n) is 2.41. The third kappa shape index (κ3) is 2.77. The first kappa shape index (κ1) is 10.6. The second-order valence-corrected chi connectivity index (χ2v) is 3.87. The van der Waals surface area contributed by atoms with Gasteiger partial charge >= 0.3 is 0 Å². The Kier molecular flexibility index (Phi) is 3.53. The molecule has 0 aliphatic heterocycles. The zero-order chi connectivity index (χ0) is 10.6. The van der Waals surface area contributed by atoms with Gasteiger partial charge in [0.2, 0.25) is 0 Å². The van der Waals surface area contributed by atoms with Crippen molar-refractivity contribution >= 4 is 5.69 Å². The van der Waals surface area contributed by atoms with Crippen LogP contribution >= 0.6 is 0 Å². The molecule has 0 unspecified atom stereocenters. The van der Waals surface area contributed by atoms with Gasteiger partial charge in [-0.3, -0.25) is 0 Å². The average Bonchev–Trinajstić information content (AvgIpc) is 2.19. The normalized spacial score (nSPS) is 12.2. The molecular formula is C12H16N2. The van der Waals surface area contributed by atoms with E-state index in [4.69, 9.17) is 5.26 Å². The van der Waals surface area contributed by atoms with Crippen LogP contribution in [0.25, 0.3) is 0 Å². The smallest absolute Gasteiger partial charge is 0.0991 e. The molecule has 14 heavy (non-hydrogen) atoms. The first-order chi connectivity index (χ1) is 6.63. The Morgan fingerprint density at radius 1 is 1.14 bits per heavy atom. The molecule has 0 saturated carbocycles. The van der Waals surface area contributed by atoms with Crippen LogP contribution in [0.4, 0.5) is 5.69 Å². The van der Waals surface area contributed by atoms with Crippen molar-refractivity contribution in [3.8, 4) is 6.07 Å². The Morgan fingerprint density at radius 2 is 1.71 bits per heavy atom. The van der Waals surface area contributed by atoms with Crippen molar-refractivity contribution in [3.05, 3.63) is 29.8 Å². The Balaban J connectivity index is 2.65. The quantitative estimate of drug-likeness (QED) is 0.791. The van der Waals surface area contributed by atoms with Crippen molar-refractivity contribution in [1.82, 2.24) is 0 Å². The number of hydrogen-bond acceptors (Lipinski definition) is 2. The van der Waals surface area contributed by atoms with E-state index in [9.17, 15) is 0 Å². The molecule has 0 heterocycles. The van der Waals surface area contributed by atoms with Crippen LogP contribution in [0.1, 0.15) is 26.3 Å². The van der Waals surface area contributed by atoms with Gasteiger partial charge in [0, 0.05) is 11.7 Å². The molecule has 1 atom stereocenters. The summed E-state index contributed by atoms with van der Waals surface area (Å²) in [6, 6.07) is 10.1. The summed E-state index contributed by atoms with van der Waals surface area (Å²) in [5.74, 6) is 0.602. The van der Waals surface area contributed by atoms with Gasteiger partial charge in [0.1, 0.15) is 0 Å². The van der Waals surface area contributed by atoms with E-state index in [1.807, 2.05) is 24.3 Å². The Labute approximate surface area is 85.6 Å². The summed E-state index contributed by atoms with van der Waals surface area (Å²) in [6.07, 6.45) is 0. The molecule has 0 aromatic heterocycles. The van der Waals surface area contributed by atoms with Gasteiger partial charge in [-0.2, -0.15) is 5.26 Å². The van der Waals surface area contributed by atoms with E-state index < -0.39 is 0 Å². The highest BCUT2D eigenvalue weighted by Gasteiger charge is 2.05. The number of rotatable bonds is 3. The van der Waals surface area contributed by atoms with Gasteiger partial charge in [0.15, 0.2) is 0 Å². The van der Waals surface area contributed by atoms with Crippen LogP contribution < -0.4 is 5.32 Å². The lowest BCUT2D eigenvalue weighted by molar-refractivity contribution is 0.560. The lowest BCUT2D eigenvalue weighted by Crippen LogP contribution is -2.21. The second kappa shape index (κ2) is 4.66. The molecule has 1 aromatic carbocycles. The van der Waals surface area contributed by atoms with Gasteiger partial charge in [-0.15, -0.1) is 0 Å². The number of benzene rings is 1. The fraction of sp³-hybridized carbons (Fsp3) is 0.417. The van der Waals surface area contributed by atoms with E-state index in [1.54, 1.807) is 0 Å². The lowest BCUT2D eigenvalue weighted by Gasteiger charge is -2.18. The summed E-state index contributed by atoms with van der Waals surface area (Å²) >= 11 is 0. The summed E-state index contributed by atoms with van der Waals surface area (Å²) < 4.78 is 0. The van der Waals surface area contributed by atoms with Crippen LogP contribution in [-0.4, -0.2) is 6.04 Å². The maximum Gasteiger partial charge on any atom is 0.0991 e. The Morgan fingerprint density at radius 3 is 2.14 bits per heavy atom. The zero-order valence-electron chi connectivity index (χ0n) is 8.91. The molecule has 0 fully saturated rings. The fourth-order valence-electron chi connectivity index (χ4n) is 1.07. The SMILES string of the molecule is CC(C)[C@H](C)Nc1ccc(C#N)cc1. The van der Waals surface area contributed by atoms with Crippen molar-refractivity contribution in [1.29, 1.82) is 5.26 Å². The minimum Gasteiger partial charge on any atom is -0.382 e. The van der Waals surface area contributed by atoms with Gasteiger partial charge in [0.05, 0.1) is 11.6 Å². The van der Waals surface area contributed by atoms with E-state index >= 15 is 0 Å². The highest BCUT2D eigenvalue weighted by atomic mass is 14.9. The molecule has 1 N–H and O–H groups in total. The lowest BCUT2D eigenvalue weighted by atomic mass is 10.1. The number of anilines is 1. The van der Waals surface area contributed by atoms with E-state index in [2.05, 4.69) is 32.2 Å². The van der Waals surface area contributed by atoms with Crippen LogP contribution in [-0.2, 0) is 0 Å². The summed E-state index contributed by atoms with van der Waals surface area (Å²) in [6.45, 7) is 6.52. The van der Waals surface area contributed by atoms with Crippen molar-refractivity contribution in [2.24, 2.45) is 5.92 Å². The number of nitriles is 1. The third-order valence-corrected chi connectivity index (χ3v) is 2.41. The molecule has 2 nitrogen and oxygen atoms in total. The highest BCUT2D eigenvalue weighted by Crippen LogP contribution is 2.13. The van der Waals surface area contributed by atoms with Crippen LogP contribution in [0.5, 0.6) is 0 Å². The molecule has 0 saturated heterocycles. The molecule has 1 rings (SSSR count). The zero-order valence-corrected chi connectivity index (χ0v) is 8.91. The summed E-state index contributed by atoms with van der Waals surface area (Å²) in [5.41, 5.74) is 1.78. The van der Waals surface area contributed by atoms with Gasteiger partial charge in [-0.25, -0.2) is 0 Å². The highest BCUT2D eigenvalue weighted by molar-refractivity contribution is 5.47. The van der Waals surface area contributed by atoms with Crippen LogP contribution in [0, 0.1) is 17.2 Å². The van der Waals surface area contributed by atoms with E-state index in [0.717, 1.165) is 5.69 Å². The largest absolute Gasteiger partial charge is 0.382 e. The molecule has 0 bridgehead atoms. The van der Waals surface area contributed by atoms with Gasteiger partial charge in [-0.05, 0) is 37.1 Å². The standard InChI is InChI=1S/C12H16N2/c1-9(2)10(3)14-12-6-4-11(8-13)5-7-12/h4-7,9-10,14H,1-3H3/t10-/m0/s1. The number of nitrogens with zero attached hydrogens (tertiary/aromatic N) is 1. The molecule has 0 spiro atoms. The predicted molar refractivity (Wildman–Crippen MR) is 59.1 cm³/mol. The molecule has 2 heteroatoms. The van der Waals surface area contributed by atoms with E-state index in [-0.39, 0.29) is 0 Å². The molecule has 0 amide bonds. The number of hydrogen-bond donors (Lipinski definition) is 1. The van der Waals surface area contributed by atoms with E-state index in [1.165, 1.54) is 0 Å². The van der Waals surface area contributed by atoms with Crippen molar-refractivity contribution < 1.29 is 0 Å². The monoisotopic (exact) mass is 188 g/mol. The fourth-order valence-corrected chi connectivity index (χ4v) is 1.07. The molecule has 0 aliphatic rings. The Bertz CT molecular complexity index is 319. The van der Waals surface area contributed by atoms with E-state index in [0.29, 0.717) is 17.5 Å². The molecule has 74 valence electrons. The minimum absolute atomic E-state index is 0.447. The van der Waals surface area contributed by atoms with Gasteiger partial charge < -0.3 is 5.32 Å². The summed E-state index contributed by atoms with van der Waals surface area (Å²) in [4.78, 5) is 0. The summed E-state index contributed by atoms with van der Waals surface area (Å²) in [5, 5.41) is 12.0. The van der Waals surface area contributed by atoms with Crippen molar-refractivity contribution in [2.75, 3.05) is 5.32 Å². The first-order valence-corrected chi connectivity index (χ1v) is 4.90. The Hall–Kier alpha value is -1.49. The van der Waals surface area contributed by atoms with Crippen LogP contribution in [0.3, 0.4) is 0 Å². The maximum atomic E-state index is 8.63. The van der Waals surface area contributed by atoms with Gasteiger partial charge in [-0.1, -0.05) is 13.8 Å². The average molecular weight is 188 g/mol. The molecular weight excluding hydrogens is 172 g/mol. The molecule has 1 aromatic rings. The first-order valence-electron chi connectivity index (χ1n) is 4.90. The van der Waals surface area contributed by atoms with Crippen LogP contribution in [0.2, 0.25) is 0 Å². The van der Waals surface area contributed by atoms with Crippen LogP contribution in [0.15, 0.2) is 24.3 Å². The topological polar surface area (TPSA) is 35.8 Å². The summed E-state index contributed by atoms with van der Waals surface area (Å²) in [7, 11) is 0. The second-order valence-electron chi connectivity index (χ2n) is 3.87. The predicted octanol–water partition coefficient (Wildman–Crippen LogP) is 3.01. The number of nitrogens with one attached hydrogen (secondary N) is 1. The molecule has 0 radical (unpaired) electrons. The van der Waals surface area contributed by atoms with Gasteiger partial charge in [0.25, 0.3) is 0 Å². The minimum atomic E-state index is 0.447. The van der Waals surface area contributed by atoms with Crippen molar-refractivity contribution in [2.45, 2.75) is 26.8 Å². The maximum absolute atomic E-state index is 8.63.